The van der Waals surface area contributed by atoms with Gasteiger partial charge in [-0.2, -0.15) is 0 Å². The van der Waals surface area contributed by atoms with Gasteiger partial charge in [-0.3, -0.25) is 0 Å². The van der Waals surface area contributed by atoms with Crippen molar-refractivity contribution in [3.05, 3.63) is 65.5 Å². The van der Waals surface area contributed by atoms with Crippen LogP contribution in [0.4, 0.5) is 4.39 Å². The molecule has 0 saturated carbocycles. The monoisotopic (exact) mass is 287 g/mol. The Labute approximate surface area is 126 Å². The van der Waals surface area contributed by atoms with E-state index in [4.69, 9.17) is 4.74 Å². The number of rotatable bonds is 6. The van der Waals surface area contributed by atoms with Crippen LogP contribution in [0.1, 0.15) is 31.0 Å². The summed E-state index contributed by atoms with van der Waals surface area (Å²) < 4.78 is 18.7. The number of ether oxygens (including phenoxy) is 1. The molecule has 0 bridgehead atoms. The second-order valence-corrected chi connectivity index (χ2v) is 5.47. The SMILES string of the molecule is Cc1ccc(OCC(C)NC(C)c2ccc(F)cc2)cc1. The van der Waals surface area contributed by atoms with E-state index in [0.29, 0.717) is 6.61 Å². The van der Waals surface area contributed by atoms with Crippen LogP contribution in [0, 0.1) is 12.7 Å². The molecule has 2 rings (SSSR count). The largest absolute Gasteiger partial charge is 0.492 e. The zero-order valence-electron chi connectivity index (χ0n) is 12.8. The van der Waals surface area contributed by atoms with Crippen LogP contribution in [0.25, 0.3) is 0 Å². The molecule has 21 heavy (non-hydrogen) atoms. The van der Waals surface area contributed by atoms with Gasteiger partial charge in [0.05, 0.1) is 0 Å². The quantitative estimate of drug-likeness (QED) is 0.857. The molecular weight excluding hydrogens is 265 g/mol. The van der Waals surface area contributed by atoms with Crippen molar-refractivity contribution < 1.29 is 9.13 Å². The number of hydrogen-bond donors (Lipinski definition) is 1. The standard InChI is InChI=1S/C18H22FNO/c1-13-4-10-18(11-5-13)21-12-14(2)20-15(3)16-6-8-17(19)9-7-16/h4-11,14-15,20H,12H2,1-3H3. The molecule has 2 unspecified atom stereocenters. The van der Waals surface area contributed by atoms with Crippen LogP contribution in [0.3, 0.4) is 0 Å². The lowest BCUT2D eigenvalue weighted by Crippen LogP contribution is -2.33. The first-order valence-corrected chi connectivity index (χ1v) is 7.25. The molecule has 0 aliphatic rings. The summed E-state index contributed by atoms with van der Waals surface area (Å²) in [6.07, 6.45) is 0. The van der Waals surface area contributed by atoms with Crippen LogP contribution in [0.15, 0.2) is 48.5 Å². The lowest BCUT2D eigenvalue weighted by molar-refractivity contribution is 0.264. The van der Waals surface area contributed by atoms with Crippen LogP contribution in [-0.2, 0) is 0 Å². The number of halogens is 1. The van der Waals surface area contributed by atoms with Crippen molar-refractivity contribution in [2.45, 2.75) is 32.9 Å². The first kappa shape index (κ1) is 15.5. The number of hydrogen-bond acceptors (Lipinski definition) is 2. The fourth-order valence-electron chi connectivity index (χ4n) is 2.18. The Balaban J connectivity index is 1.82. The molecule has 112 valence electrons. The normalized spacial score (nSPS) is 13.7. The van der Waals surface area contributed by atoms with Gasteiger partial charge in [-0.05, 0) is 50.6 Å². The molecule has 0 spiro atoms. The molecule has 0 fully saturated rings. The molecule has 0 aromatic heterocycles. The Morgan fingerprint density at radius 2 is 1.62 bits per heavy atom. The van der Waals surface area contributed by atoms with Crippen LogP contribution in [-0.4, -0.2) is 12.6 Å². The fraction of sp³-hybridized carbons (Fsp3) is 0.333. The Morgan fingerprint density at radius 1 is 1.00 bits per heavy atom. The molecule has 3 heteroatoms. The van der Waals surface area contributed by atoms with Crippen molar-refractivity contribution in [2.24, 2.45) is 0 Å². The number of benzene rings is 2. The maximum Gasteiger partial charge on any atom is 0.123 e. The van der Waals surface area contributed by atoms with Gasteiger partial charge < -0.3 is 10.1 Å². The van der Waals surface area contributed by atoms with Crippen molar-refractivity contribution >= 4 is 0 Å². The Bertz CT molecular complexity index is 550. The summed E-state index contributed by atoms with van der Waals surface area (Å²) in [6, 6.07) is 15.0. The summed E-state index contributed by atoms with van der Waals surface area (Å²) >= 11 is 0. The molecule has 1 N–H and O–H groups in total. The summed E-state index contributed by atoms with van der Waals surface area (Å²) in [6.45, 7) is 6.79. The van der Waals surface area contributed by atoms with Gasteiger partial charge in [0, 0.05) is 12.1 Å². The van der Waals surface area contributed by atoms with Gasteiger partial charge in [-0.25, -0.2) is 4.39 Å². The molecule has 2 aromatic rings. The highest BCUT2D eigenvalue weighted by atomic mass is 19.1. The molecular formula is C18H22FNO. The predicted octanol–water partition coefficient (Wildman–Crippen LogP) is 4.25. The molecule has 2 nitrogen and oxygen atoms in total. The summed E-state index contributed by atoms with van der Waals surface area (Å²) in [5.74, 6) is 0.672. The lowest BCUT2D eigenvalue weighted by Gasteiger charge is -2.20. The van der Waals surface area contributed by atoms with Gasteiger partial charge >= 0.3 is 0 Å². The first-order chi connectivity index (χ1) is 10.0. The van der Waals surface area contributed by atoms with E-state index >= 15 is 0 Å². The zero-order chi connectivity index (χ0) is 15.2. The minimum Gasteiger partial charge on any atom is -0.492 e. The van der Waals surface area contributed by atoms with E-state index in [2.05, 4.69) is 26.1 Å². The van der Waals surface area contributed by atoms with Crippen molar-refractivity contribution in [3.8, 4) is 5.75 Å². The number of aryl methyl sites for hydroxylation is 1. The van der Waals surface area contributed by atoms with Gasteiger partial charge in [0.2, 0.25) is 0 Å². The fourth-order valence-corrected chi connectivity index (χ4v) is 2.18. The van der Waals surface area contributed by atoms with Gasteiger partial charge in [0.1, 0.15) is 18.2 Å². The maximum atomic E-state index is 12.9. The minimum atomic E-state index is -0.207. The average Bonchev–Trinajstić information content (AvgIpc) is 2.47. The highest BCUT2D eigenvalue weighted by molar-refractivity contribution is 5.26. The van der Waals surface area contributed by atoms with Crippen LogP contribution < -0.4 is 10.1 Å². The smallest absolute Gasteiger partial charge is 0.123 e. The van der Waals surface area contributed by atoms with Gasteiger partial charge in [0.15, 0.2) is 0 Å². The molecule has 0 radical (unpaired) electrons. The number of nitrogens with one attached hydrogen (secondary N) is 1. The Kier molecular flexibility index (Phi) is 5.34. The summed E-state index contributed by atoms with van der Waals surface area (Å²) in [7, 11) is 0. The lowest BCUT2D eigenvalue weighted by atomic mass is 10.1. The molecule has 2 aromatic carbocycles. The minimum absolute atomic E-state index is 0.155. The molecule has 0 heterocycles. The van der Waals surface area contributed by atoms with E-state index in [1.807, 2.05) is 24.3 Å². The Morgan fingerprint density at radius 3 is 2.24 bits per heavy atom. The highest BCUT2D eigenvalue weighted by Crippen LogP contribution is 2.15. The van der Waals surface area contributed by atoms with E-state index < -0.39 is 0 Å². The average molecular weight is 287 g/mol. The topological polar surface area (TPSA) is 21.3 Å². The molecule has 0 aliphatic carbocycles. The summed E-state index contributed by atoms with van der Waals surface area (Å²) in [4.78, 5) is 0. The van der Waals surface area contributed by atoms with Gasteiger partial charge in [-0.15, -0.1) is 0 Å². The molecule has 2 atom stereocenters. The first-order valence-electron chi connectivity index (χ1n) is 7.25. The van der Waals surface area contributed by atoms with Crippen molar-refractivity contribution in [3.63, 3.8) is 0 Å². The summed E-state index contributed by atoms with van der Waals surface area (Å²) in [5, 5.41) is 3.45. The second-order valence-electron chi connectivity index (χ2n) is 5.47. The van der Waals surface area contributed by atoms with Crippen molar-refractivity contribution in [2.75, 3.05) is 6.61 Å². The highest BCUT2D eigenvalue weighted by Gasteiger charge is 2.10. The molecule has 0 amide bonds. The van der Waals surface area contributed by atoms with Crippen LogP contribution in [0.2, 0.25) is 0 Å². The molecule has 0 aliphatic heterocycles. The third-order valence-electron chi connectivity index (χ3n) is 3.43. The zero-order valence-corrected chi connectivity index (χ0v) is 12.8. The predicted molar refractivity (Wildman–Crippen MR) is 84.1 cm³/mol. The van der Waals surface area contributed by atoms with Gasteiger partial charge in [0.25, 0.3) is 0 Å². The summed E-state index contributed by atoms with van der Waals surface area (Å²) in [5.41, 5.74) is 2.29. The van der Waals surface area contributed by atoms with E-state index in [1.54, 1.807) is 12.1 Å². The maximum absolute atomic E-state index is 12.9. The van der Waals surface area contributed by atoms with Crippen molar-refractivity contribution in [1.29, 1.82) is 0 Å². The third kappa shape index (κ3) is 4.87. The van der Waals surface area contributed by atoms with E-state index in [9.17, 15) is 4.39 Å². The third-order valence-corrected chi connectivity index (χ3v) is 3.43. The van der Waals surface area contributed by atoms with E-state index in [0.717, 1.165) is 11.3 Å². The van der Waals surface area contributed by atoms with Crippen molar-refractivity contribution in [1.82, 2.24) is 5.32 Å². The molecule has 0 saturated heterocycles. The second kappa shape index (κ2) is 7.23. The Hall–Kier alpha value is -1.87. The van der Waals surface area contributed by atoms with Crippen LogP contribution >= 0.6 is 0 Å². The van der Waals surface area contributed by atoms with Crippen LogP contribution in [0.5, 0.6) is 5.75 Å². The van der Waals surface area contributed by atoms with E-state index in [1.165, 1.54) is 17.7 Å². The van der Waals surface area contributed by atoms with Gasteiger partial charge in [-0.1, -0.05) is 29.8 Å². The van der Waals surface area contributed by atoms with E-state index in [-0.39, 0.29) is 17.9 Å².